The minimum atomic E-state index is -1.64. The number of aliphatic hydroxyl groups is 1. The Balaban J connectivity index is 5.67. The van der Waals surface area contributed by atoms with Crippen LogP contribution in [0.15, 0.2) is 4.99 Å². The number of hydrogen-bond acceptors (Lipinski definition) is 8. The summed E-state index contributed by atoms with van der Waals surface area (Å²) in [5.74, 6) is -5.30. The summed E-state index contributed by atoms with van der Waals surface area (Å²) in [5, 5.41) is 25.7. The molecule has 0 aliphatic rings. The molecule has 200 valence electrons. The number of aliphatic hydroxyl groups excluding tert-OH is 1. The van der Waals surface area contributed by atoms with E-state index in [1.165, 1.54) is 6.92 Å². The molecule has 0 saturated heterocycles. The normalized spacial score (nSPS) is 15.9. The molecule has 0 aromatic heterocycles. The Hall–Kier alpha value is -3.46. The highest BCUT2D eigenvalue weighted by Gasteiger charge is 2.32. The smallest absolute Gasteiger partial charge is 0.328 e. The van der Waals surface area contributed by atoms with Crippen molar-refractivity contribution in [3.63, 3.8) is 0 Å². The van der Waals surface area contributed by atoms with E-state index in [0.29, 0.717) is 6.42 Å². The fourth-order valence-electron chi connectivity index (χ4n) is 2.88. The lowest BCUT2D eigenvalue weighted by molar-refractivity contribution is -0.145. The van der Waals surface area contributed by atoms with Gasteiger partial charge in [0.25, 0.3) is 0 Å². The Bertz CT molecular complexity index is 785. The first kappa shape index (κ1) is 31.5. The van der Waals surface area contributed by atoms with Gasteiger partial charge in [0.05, 0.1) is 18.6 Å². The highest BCUT2D eigenvalue weighted by atomic mass is 16.4. The number of primary amides is 1. The number of carboxylic acids is 1. The first-order valence-corrected chi connectivity index (χ1v) is 11.1. The van der Waals surface area contributed by atoms with Crippen LogP contribution in [0.1, 0.15) is 46.5 Å². The van der Waals surface area contributed by atoms with Crippen molar-refractivity contribution < 1.29 is 34.2 Å². The van der Waals surface area contributed by atoms with E-state index in [4.69, 9.17) is 22.9 Å². The molecule has 13 N–H and O–H groups in total. The number of aliphatic carboxylic acids is 1. The maximum atomic E-state index is 12.9. The minimum Gasteiger partial charge on any atom is -0.480 e. The SMILES string of the molecule is CCC(C)C(N)C(=O)NC(CC(N)=O)C(=O)NC(CCCN=C(N)N)C(=O)NC(C(=O)O)C(C)O. The number of carbonyl (C=O) groups excluding carboxylic acids is 4. The van der Waals surface area contributed by atoms with Crippen molar-refractivity contribution in [1.29, 1.82) is 0 Å². The molecule has 0 fully saturated rings. The van der Waals surface area contributed by atoms with Crippen LogP contribution in [0.25, 0.3) is 0 Å². The van der Waals surface area contributed by atoms with Crippen molar-refractivity contribution in [2.24, 2.45) is 33.8 Å². The average Bonchev–Trinajstić information content (AvgIpc) is 2.76. The molecule has 0 bridgehead atoms. The lowest BCUT2D eigenvalue weighted by atomic mass is 9.99. The molecule has 35 heavy (non-hydrogen) atoms. The molecule has 4 amide bonds. The van der Waals surface area contributed by atoms with Crippen LogP contribution >= 0.6 is 0 Å². The second-order valence-corrected chi connectivity index (χ2v) is 8.22. The lowest BCUT2D eigenvalue weighted by Crippen LogP contribution is -2.59. The largest absolute Gasteiger partial charge is 0.480 e. The first-order chi connectivity index (χ1) is 16.2. The Kier molecular flexibility index (Phi) is 13.9. The number of guanidine groups is 1. The molecule has 0 aromatic rings. The molecule has 0 aliphatic heterocycles. The van der Waals surface area contributed by atoms with Crippen LogP contribution in [0.3, 0.4) is 0 Å². The summed E-state index contributed by atoms with van der Waals surface area (Å²) in [5.41, 5.74) is 21.6. The highest BCUT2D eigenvalue weighted by molar-refractivity contribution is 5.96. The molecule has 15 nitrogen and oxygen atoms in total. The third-order valence-corrected chi connectivity index (χ3v) is 5.22. The summed E-state index contributed by atoms with van der Waals surface area (Å²) in [6, 6.07) is -5.35. The summed E-state index contributed by atoms with van der Waals surface area (Å²) in [7, 11) is 0. The predicted octanol–water partition coefficient (Wildman–Crippen LogP) is -3.79. The van der Waals surface area contributed by atoms with Crippen LogP contribution in [-0.4, -0.2) is 82.6 Å². The maximum absolute atomic E-state index is 12.9. The molecular formula is C20H38N8O7. The monoisotopic (exact) mass is 502 g/mol. The standard InChI is InChI=1S/C20H38N8O7/c1-4-9(2)14(22)18(33)27-12(8-13(21)30)17(32)26-11(6-5-7-25-20(23)24)16(31)28-15(10(3)29)19(34)35/h9-12,14-15,29H,4-8,22H2,1-3H3,(H2,21,30)(H,26,32)(H,27,33)(H,28,31)(H,34,35)(H4,23,24,25). The number of amides is 4. The summed E-state index contributed by atoms with van der Waals surface area (Å²) in [6.07, 6.45) is -1.25. The van der Waals surface area contributed by atoms with Crippen LogP contribution < -0.4 is 38.9 Å². The zero-order valence-electron chi connectivity index (χ0n) is 20.2. The average molecular weight is 503 g/mol. The molecule has 6 atom stereocenters. The number of aliphatic imine (C=N–C) groups is 1. The third kappa shape index (κ3) is 12.0. The number of rotatable bonds is 16. The fraction of sp³-hybridized carbons (Fsp3) is 0.700. The fourth-order valence-corrected chi connectivity index (χ4v) is 2.88. The highest BCUT2D eigenvalue weighted by Crippen LogP contribution is 2.07. The Labute approximate surface area is 203 Å². The number of nitrogens with zero attached hydrogens (tertiary/aromatic N) is 1. The second kappa shape index (κ2) is 15.4. The molecular weight excluding hydrogens is 464 g/mol. The van der Waals surface area contributed by atoms with Crippen molar-refractivity contribution in [3.8, 4) is 0 Å². The molecule has 15 heteroatoms. The molecule has 0 spiro atoms. The number of nitrogens with one attached hydrogen (secondary N) is 3. The van der Waals surface area contributed by atoms with Crippen molar-refractivity contribution in [2.45, 2.75) is 76.7 Å². The van der Waals surface area contributed by atoms with Gasteiger partial charge >= 0.3 is 5.97 Å². The van der Waals surface area contributed by atoms with E-state index >= 15 is 0 Å². The molecule has 0 rings (SSSR count). The molecule has 0 aliphatic carbocycles. The Morgan fingerprint density at radius 1 is 0.914 bits per heavy atom. The van der Waals surface area contributed by atoms with Gasteiger partial charge < -0.3 is 49.1 Å². The van der Waals surface area contributed by atoms with E-state index in [9.17, 15) is 34.2 Å². The molecule has 0 radical (unpaired) electrons. The zero-order chi connectivity index (χ0) is 27.3. The van der Waals surface area contributed by atoms with E-state index in [1.54, 1.807) is 6.92 Å². The van der Waals surface area contributed by atoms with Crippen LogP contribution in [0.5, 0.6) is 0 Å². The van der Waals surface area contributed by atoms with Gasteiger partial charge in [-0.2, -0.15) is 0 Å². The van der Waals surface area contributed by atoms with E-state index in [0.717, 1.165) is 0 Å². The van der Waals surface area contributed by atoms with Gasteiger partial charge in [0, 0.05) is 6.54 Å². The maximum Gasteiger partial charge on any atom is 0.328 e. The summed E-state index contributed by atoms with van der Waals surface area (Å²) in [6.45, 7) is 4.84. The number of carbonyl (C=O) groups is 5. The topological polar surface area (TPSA) is 278 Å². The van der Waals surface area contributed by atoms with Gasteiger partial charge in [-0.25, -0.2) is 4.79 Å². The molecule has 6 unspecified atom stereocenters. The summed E-state index contributed by atoms with van der Waals surface area (Å²) < 4.78 is 0. The van der Waals surface area contributed by atoms with Gasteiger partial charge in [0.15, 0.2) is 12.0 Å². The number of nitrogens with two attached hydrogens (primary N) is 4. The molecule has 0 heterocycles. The zero-order valence-corrected chi connectivity index (χ0v) is 20.2. The number of carboxylic acid groups (broad SMARTS) is 1. The van der Waals surface area contributed by atoms with Crippen LogP contribution in [0, 0.1) is 5.92 Å². The quantitative estimate of drug-likeness (QED) is 0.0563. The van der Waals surface area contributed by atoms with Gasteiger partial charge in [-0.1, -0.05) is 20.3 Å². The van der Waals surface area contributed by atoms with Crippen molar-refractivity contribution in [2.75, 3.05) is 6.54 Å². The second-order valence-electron chi connectivity index (χ2n) is 8.22. The van der Waals surface area contributed by atoms with Crippen molar-refractivity contribution in [3.05, 3.63) is 0 Å². The molecule has 0 saturated carbocycles. The van der Waals surface area contributed by atoms with Crippen LogP contribution in [0.4, 0.5) is 0 Å². The summed E-state index contributed by atoms with van der Waals surface area (Å²) >= 11 is 0. The van der Waals surface area contributed by atoms with Gasteiger partial charge in [-0.15, -0.1) is 0 Å². The van der Waals surface area contributed by atoms with Crippen molar-refractivity contribution in [1.82, 2.24) is 16.0 Å². The van der Waals surface area contributed by atoms with Crippen molar-refractivity contribution >= 4 is 35.6 Å². The first-order valence-electron chi connectivity index (χ1n) is 11.1. The van der Waals surface area contributed by atoms with E-state index in [-0.39, 0.29) is 31.3 Å². The third-order valence-electron chi connectivity index (χ3n) is 5.22. The van der Waals surface area contributed by atoms with E-state index < -0.39 is 66.3 Å². The van der Waals surface area contributed by atoms with E-state index in [1.807, 2.05) is 6.92 Å². The van der Waals surface area contributed by atoms with Crippen LogP contribution in [0.2, 0.25) is 0 Å². The van der Waals surface area contributed by atoms with Gasteiger partial charge in [-0.3, -0.25) is 24.2 Å². The van der Waals surface area contributed by atoms with Gasteiger partial charge in [0.2, 0.25) is 23.6 Å². The van der Waals surface area contributed by atoms with Gasteiger partial charge in [0.1, 0.15) is 12.1 Å². The molecule has 0 aromatic carbocycles. The summed E-state index contributed by atoms with van der Waals surface area (Å²) in [4.78, 5) is 64.7. The number of hydrogen-bond donors (Lipinski definition) is 9. The van der Waals surface area contributed by atoms with Gasteiger partial charge in [-0.05, 0) is 25.7 Å². The van der Waals surface area contributed by atoms with Crippen LogP contribution in [-0.2, 0) is 24.0 Å². The predicted molar refractivity (Wildman–Crippen MR) is 126 cm³/mol. The lowest BCUT2D eigenvalue weighted by Gasteiger charge is -2.26. The Morgan fingerprint density at radius 3 is 1.91 bits per heavy atom. The van der Waals surface area contributed by atoms with E-state index in [2.05, 4.69) is 20.9 Å². The minimum absolute atomic E-state index is 0.0376. The Morgan fingerprint density at radius 2 is 1.46 bits per heavy atom.